The van der Waals surface area contributed by atoms with Crippen LogP contribution in [0, 0.1) is 0 Å². The van der Waals surface area contributed by atoms with Crippen molar-refractivity contribution in [3.8, 4) is 0 Å². The molecule has 0 aromatic carbocycles. The minimum absolute atomic E-state index is 1.06. The minimum atomic E-state index is 1.06. The summed E-state index contributed by atoms with van der Waals surface area (Å²) in [5.41, 5.74) is 1.20. The van der Waals surface area contributed by atoms with E-state index in [0.29, 0.717) is 0 Å². The molecule has 0 heterocycles. The summed E-state index contributed by atoms with van der Waals surface area (Å²) in [7, 11) is 0. The van der Waals surface area contributed by atoms with E-state index in [-0.39, 0.29) is 0 Å². The van der Waals surface area contributed by atoms with E-state index < -0.39 is 0 Å². The first-order valence-electron chi connectivity index (χ1n) is 3.61. The average Bonchev–Trinajstić information content (AvgIpc) is 1.93. The van der Waals surface area contributed by atoms with Crippen LogP contribution in [0.25, 0.3) is 0 Å². The second-order valence-electron chi connectivity index (χ2n) is 1.51. The standard InChI is InChI=1S/C7H12.C2H6/c1-4-6-7(3)5-2;1-2/h4,6H,3,5H2,1-2H3;1-2H3/b6-4-;. The zero-order valence-electron chi connectivity index (χ0n) is 7.07. The SMILES string of the molecule is C=C(/C=C\C)CC.CC. The minimum Gasteiger partial charge on any atom is -0.0959 e. The van der Waals surface area contributed by atoms with Gasteiger partial charge in [0.2, 0.25) is 0 Å². The van der Waals surface area contributed by atoms with Gasteiger partial charge in [0.05, 0.1) is 0 Å². The molecule has 0 aliphatic rings. The van der Waals surface area contributed by atoms with E-state index in [2.05, 4.69) is 13.5 Å². The molecule has 9 heavy (non-hydrogen) atoms. The first-order valence-corrected chi connectivity index (χ1v) is 3.61. The van der Waals surface area contributed by atoms with Crippen LogP contribution >= 0.6 is 0 Å². The second-order valence-corrected chi connectivity index (χ2v) is 1.51. The van der Waals surface area contributed by atoms with Gasteiger partial charge in [-0.3, -0.25) is 0 Å². The summed E-state index contributed by atoms with van der Waals surface area (Å²) >= 11 is 0. The third-order valence-corrected chi connectivity index (χ3v) is 0.856. The summed E-state index contributed by atoms with van der Waals surface area (Å²) < 4.78 is 0. The Kier molecular flexibility index (Phi) is 13.1. The van der Waals surface area contributed by atoms with Crippen molar-refractivity contribution in [2.75, 3.05) is 0 Å². The lowest BCUT2D eigenvalue weighted by Crippen LogP contribution is -1.65. The van der Waals surface area contributed by atoms with Gasteiger partial charge in [-0.15, -0.1) is 0 Å². The molecule has 0 radical (unpaired) electrons. The average molecular weight is 126 g/mol. The molecule has 0 bridgehead atoms. The summed E-state index contributed by atoms with van der Waals surface area (Å²) in [6, 6.07) is 0. The molecule has 0 aromatic heterocycles. The van der Waals surface area contributed by atoms with E-state index in [1.165, 1.54) is 5.57 Å². The second kappa shape index (κ2) is 10.5. The van der Waals surface area contributed by atoms with Gasteiger partial charge in [0, 0.05) is 0 Å². The van der Waals surface area contributed by atoms with Crippen LogP contribution in [0.15, 0.2) is 24.3 Å². The zero-order valence-corrected chi connectivity index (χ0v) is 7.07. The molecule has 0 aromatic rings. The molecule has 54 valence electrons. The highest BCUT2D eigenvalue weighted by molar-refractivity contribution is 5.12. The third-order valence-electron chi connectivity index (χ3n) is 0.856. The molecule has 0 spiro atoms. The topological polar surface area (TPSA) is 0 Å². The van der Waals surface area contributed by atoms with Crippen LogP contribution in [0.1, 0.15) is 34.1 Å². The smallest absolute Gasteiger partial charge is 0.0313 e. The molecule has 0 fully saturated rings. The van der Waals surface area contributed by atoms with Gasteiger partial charge in [0.25, 0.3) is 0 Å². The first kappa shape index (κ1) is 11.3. The Labute approximate surface area is 59.3 Å². The predicted octanol–water partition coefficient (Wildman–Crippen LogP) is 3.55. The molecule has 0 N–H and O–H groups in total. The van der Waals surface area contributed by atoms with E-state index in [1.54, 1.807) is 0 Å². The first-order chi connectivity index (χ1) is 4.31. The van der Waals surface area contributed by atoms with Crippen molar-refractivity contribution in [1.29, 1.82) is 0 Å². The molecular weight excluding hydrogens is 108 g/mol. The fourth-order valence-corrected chi connectivity index (χ4v) is 0.354. The largest absolute Gasteiger partial charge is 0.0959 e. The summed E-state index contributed by atoms with van der Waals surface area (Å²) in [4.78, 5) is 0. The molecule has 0 aliphatic heterocycles. The maximum atomic E-state index is 3.78. The predicted molar refractivity (Wildman–Crippen MR) is 45.6 cm³/mol. The van der Waals surface area contributed by atoms with Gasteiger partial charge < -0.3 is 0 Å². The summed E-state index contributed by atoms with van der Waals surface area (Å²) in [5, 5.41) is 0. The molecule has 0 heteroatoms. The van der Waals surface area contributed by atoms with E-state index in [4.69, 9.17) is 0 Å². The van der Waals surface area contributed by atoms with Crippen LogP contribution in [0.3, 0.4) is 0 Å². The fourth-order valence-electron chi connectivity index (χ4n) is 0.354. The Morgan fingerprint density at radius 3 is 2.00 bits per heavy atom. The van der Waals surface area contributed by atoms with Gasteiger partial charge in [0.1, 0.15) is 0 Å². The maximum Gasteiger partial charge on any atom is -0.0313 e. The van der Waals surface area contributed by atoms with E-state index in [9.17, 15) is 0 Å². The van der Waals surface area contributed by atoms with Crippen LogP contribution in [-0.2, 0) is 0 Å². The Morgan fingerprint density at radius 2 is 1.89 bits per heavy atom. The van der Waals surface area contributed by atoms with Gasteiger partial charge in [-0.2, -0.15) is 0 Å². The van der Waals surface area contributed by atoms with Crippen molar-refractivity contribution in [3.63, 3.8) is 0 Å². The van der Waals surface area contributed by atoms with Crippen LogP contribution in [-0.4, -0.2) is 0 Å². The third kappa shape index (κ3) is 11.2. The Morgan fingerprint density at radius 1 is 1.44 bits per heavy atom. The molecule has 0 rings (SSSR count). The fraction of sp³-hybridized carbons (Fsp3) is 0.556. The van der Waals surface area contributed by atoms with Gasteiger partial charge in [-0.25, -0.2) is 0 Å². The van der Waals surface area contributed by atoms with Gasteiger partial charge >= 0.3 is 0 Å². The normalized spacial score (nSPS) is 8.44. The zero-order chi connectivity index (χ0) is 7.70. The van der Waals surface area contributed by atoms with E-state index in [1.807, 2.05) is 32.9 Å². The Balaban J connectivity index is 0. The summed E-state index contributed by atoms with van der Waals surface area (Å²) in [6.45, 7) is 11.9. The molecule has 0 unspecified atom stereocenters. The van der Waals surface area contributed by atoms with Gasteiger partial charge in [-0.1, -0.05) is 45.1 Å². The van der Waals surface area contributed by atoms with E-state index >= 15 is 0 Å². The Hall–Kier alpha value is -0.520. The number of hydrogen-bond acceptors (Lipinski definition) is 0. The van der Waals surface area contributed by atoms with Crippen LogP contribution < -0.4 is 0 Å². The molecule has 0 saturated carbocycles. The summed E-state index contributed by atoms with van der Waals surface area (Å²) in [6.07, 6.45) is 5.09. The van der Waals surface area contributed by atoms with Crippen molar-refractivity contribution in [2.24, 2.45) is 0 Å². The molecular formula is C9H18. The van der Waals surface area contributed by atoms with Crippen LogP contribution in [0.4, 0.5) is 0 Å². The molecule has 0 saturated heterocycles. The van der Waals surface area contributed by atoms with Gasteiger partial charge in [0.15, 0.2) is 0 Å². The van der Waals surface area contributed by atoms with Crippen LogP contribution in [0.5, 0.6) is 0 Å². The summed E-state index contributed by atoms with van der Waals surface area (Å²) in [5.74, 6) is 0. The highest BCUT2D eigenvalue weighted by Crippen LogP contribution is 1.95. The molecule has 0 amide bonds. The molecule has 0 nitrogen and oxygen atoms in total. The highest BCUT2D eigenvalue weighted by atomic mass is 13.8. The quantitative estimate of drug-likeness (QED) is 0.496. The Bertz CT molecular complexity index is 78.0. The van der Waals surface area contributed by atoms with Crippen molar-refractivity contribution in [1.82, 2.24) is 0 Å². The lowest BCUT2D eigenvalue weighted by Gasteiger charge is -1.85. The van der Waals surface area contributed by atoms with E-state index in [0.717, 1.165) is 6.42 Å². The van der Waals surface area contributed by atoms with Crippen molar-refractivity contribution in [2.45, 2.75) is 34.1 Å². The molecule has 0 aliphatic carbocycles. The molecule has 0 atom stereocenters. The monoisotopic (exact) mass is 126 g/mol. The van der Waals surface area contributed by atoms with Gasteiger partial charge in [-0.05, 0) is 13.3 Å². The lowest BCUT2D eigenvalue weighted by molar-refractivity contribution is 1.16. The highest BCUT2D eigenvalue weighted by Gasteiger charge is 1.75. The van der Waals surface area contributed by atoms with Crippen molar-refractivity contribution < 1.29 is 0 Å². The van der Waals surface area contributed by atoms with Crippen molar-refractivity contribution >= 4 is 0 Å². The lowest BCUT2D eigenvalue weighted by atomic mass is 10.2. The number of allylic oxidation sites excluding steroid dienone is 3. The number of rotatable bonds is 2. The van der Waals surface area contributed by atoms with Crippen LogP contribution in [0.2, 0.25) is 0 Å². The van der Waals surface area contributed by atoms with Crippen molar-refractivity contribution in [3.05, 3.63) is 24.3 Å². The number of hydrogen-bond donors (Lipinski definition) is 0. The maximum absolute atomic E-state index is 3.78.